The summed E-state index contributed by atoms with van der Waals surface area (Å²) >= 11 is 5.99. The molecule has 1 aliphatic carbocycles. The van der Waals surface area contributed by atoms with E-state index in [-0.39, 0.29) is 11.3 Å². The van der Waals surface area contributed by atoms with Crippen LogP contribution in [0, 0.1) is 11.3 Å². The summed E-state index contributed by atoms with van der Waals surface area (Å²) in [4.78, 5) is 19.6. The maximum Gasteiger partial charge on any atom is 0.241 e. The fraction of sp³-hybridized carbons (Fsp3) is 0.600. The zero-order chi connectivity index (χ0) is 24.2. The summed E-state index contributed by atoms with van der Waals surface area (Å²) in [6.07, 6.45) is 15.4. The Kier molecular flexibility index (Phi) is 8.00. The van der Waals surface area contributed by atoms with E-state index in [1.807, 2.05) is 35.8 Å². The van der Waals surface area contributed by atoms with Crippen LogP contribution < -0.4 is 4.72 Å². The summed E-state index contributed by atoms with van der Waals surface area (Å²) in [5.41, 5.74) is 1.01. The Morgan fingerprint density at radius 2 is 1.85 bits per heavy atom. The first kappa shape index (κ1) is 25.2. The van der Waals surface area contributed by atoms with E-state index in [0.717, 1.165) is 31.2 Å². The second-order valence-electron chi connectivity index (χ2n) is 10.0. The lowest BCUT2D eigenvalue weighted by Gasteiger charge is -2.48. The topological polar surface area (TPSA) is 84.3 Å². The smallest absolute Gasteiger partial charge is 0.241 e. The second-order valence-corrected chi connectivity index (χ2v) is 12.2. The van der Waals surface area contributed by atoms with E-state index in [1.165, 1.54) is 32.1 Å². The summed E-state index contributed by atoms with van der Waals surface area (Å²) < 4.78 is 28.9. The van der Waals surface area contributed by atoms with Gasteiger partial charge in [-0.2, -0.15) is 0 Å². The third kappa shape index (κ3) is 6.40. The van der Waals surface area contributed by atoms with E-state index in [0.29, 0.717) is 30.5 Å². The number of imidazole rings is 1. The molecular weight excluding hydrogens is 472 g/mol. The lowest BCUT2D eigenvalue weighted by atomic mass is 9.63. The van der Waals surface area contributed by atoms with Crippen LogP contribution in [-0.4, -0.2) is 54.2 Å². The van der Waals surface area contributed by atoms with Gasteiger partial charge in [-0.25, -0.2) is 18.1 Å². The van der Waals surface area contributed by atoms with Gasteiger partial charge < -0.3 is 9.47 Å². The molecule has 0 unspecified atom stereocenters. The molecule has 0 spiro atoms. The van der Waals surface area contributed by atoms with Crippen molar-refractivity contribution in [3.05, 3.63) is 53.6 Å². The molecule has 2 heterocycles. The van der Waals surface area contributed by atoms with Crippen LogP contribution in [0.15, 0.2) is 43.0 Å². The Balaban J connectivity index is 1.48. The molecule has 1 N–H and O–H groups in total. The summed E-state index contributed by atoms with van der Waals surface area (Å²) in [5, 5.41) is 0.607. The van der Waals surface area contributed by atoms with Gasteiger partial charge in [0.1, 0.15) is 6.04 Å². The molecule has 4 rings (SSSR count). The Bertz CT molecular complexity index is 1040. The van der Waals surface area contributed by atoms with Crippen LogP contribution in [0.4, 0.5) is 0 Å². The minimum Gasteiger partial charge on any atom is -0.341 e. The monoisotopic (exact) mass is 506 g/mol. The number of piperidine rings is 1. The van der Waals surface area contributed by atoms with Gasteiger partial charge in [-0.1, -0.05) is 43.0 Å². The van der Waals surface area contributed by atoms with Crippen LogP contribution in [-0.2, 0) is 27.8 Å². The molecular formula is C25H35ClN4O3S. The van der Waals surface area contributed by atoms with Crippen molar-refractivity contribution >= 4 is 27.5 Å². The zero-order valence-electron chi connectivity index (χ0n) is 19.8. The molecule has 7 nitrogen and oxygen atoms in total. The van der Waals surface area contributed by atoms with E-state index in [9.17, 15) is 13.2 Å². The number of amides is 1. The highest BCUT2D eigenvalue weighted by molar-refractivity contribution is 7.88. The van der Waals surface area contributed by atoms with E-state index in [4.69, 9.17) is 11.6 Å². The molecule has 1 saturated carbocycles. The molecule has 9 heteroatoms. The fourth-order valence-corrected chi connectivity index (χ4v) is 6.67. The fourth-order valence-electron chi connectivity index (χ4n) is 5.84. The van der Waals surface area contributed by atoms with Crippen LogP contribution in [0.3, 0.4) is 0 Å². The van der Waals surface area contributed by atoms with Gasteiger partial charge in [0.25, 0.3) is 0 Å². The minimum absolute atomic E-state index is 0.147. The molecule has 1 aromatic heterocycles. The van der Waals surface area contributed by atoms with E-state index < -0.39 is 16.1 Å². The van der Waals surface area contributed by atoms with Crippen molar-refractivity contribution in [3.63, 3.8) is 0 Å². The third-order valence-electron chi connectivity index (χ3n) is 7.61. The van der Waals surface area contributed by atoms with Gasteiger partial charge in [-0.05, 0) is 61.1 Å². The molecule has 1 aliphatic heterocycles. The largest absolute Gasteiger partial charge is 0.341 e. The standard InChI is InChI=1S/C25H35ClN4O3S/c1-34(32,33)28-23(17-20-7-9-22(26)10-8-20)24(31)30-14-11-25(12-15-30,18-29-16-13-27-19-29)21-5-3-2-4-6-21/h7-10,13,16,19,21,23,28H,2-6,11-12,14-15,17-18H2,1H3/t23-/m1/s1. The first-order valence-corrected chi connectivity index (χ1v) is 14.5. The molecule has 2 fully saturated rings. The predicted octanol–water partition coefficient (Wildman–Crippen LogP) is 3.89. The Hall–Kier alpha value is -1.90. The first-order valence-electron chi connectivity index (χ1n) is 12.2. The average molecular weight is 507 g/mol. The lowest BCUT2D eigenvalue weighted by molar-refractivity contribution is -0.136. The summed E-state index contributed by atoms with van der Waals surface area (Å²) in [5.74, 6) is 0.500. The lowest BCUT2D eigenvalue weighted by Crippen LogP contribution is -2.54. The van der Waals surface area contributed by atoms with E-state index in [2.05, 4.69) is 14.3 Å². The number of nitrogens with one attached hydrogen (secondary N) is 1. The van der Waals surface area contributed by atoms with Crippen molar-refractivity contribution < 1.29 is 13.2 Å². The molecule has 186 valence electrons. The van der Waals surface area contributed by atoms with Crippen molar-refractivity contribution in [2.75, 3.05) is 19.3 Å². The number of carbonyl (C=O) groups is 1. The van der Waals surface area contributed by atoms with Crippen molar-refractivity contribution in [2.45, 2.75) is 64.0 Å². The number of halogens is 1. The maximum atomic E-state index is 13.5. The number of benzene rings is 1. The zero-order valence-corrected chi connectivity index (χ0v) is 21.4. The molecule has 34 heavy (non-hydrogen) atoms. The van der Waals surface area contributed by atoms with Crippen molar-refractivity contribution in [1.82, 2.24) is 19.2 Å². The normalized spacial score (nSPS) is 20.2. The van der Waals surface area contributed by atoms with Gasteiger partial charge in [0.15, 0.2) is 0 Å². The number of sulfonamides is 1. The van der Waals surface area contributed by atoms with Crippen molar-refractivity contribution in [1.29, 1.82) is 0 Å². The van der Waals surface area contributed by atoms with Crippen molar-refractivity contribution in [2.24, 2.45) is 11.3 Å². The quantitative estimate of drug-likeness (QED) is 0.588. The molecule has 0 radical (unpaired) electrons. The van der Waals surface area contributed by atoms with Crippen LogP contribution in [0.5, 0.6) is 0 Å². The summed E-state index contributed by atoms with van der Waals surface area (Å²) in [6, 6.07) is 6.36. The SMILES string of the molecule is CS(=O)(=O)N[C@H](Cc1ccc(Cl)cc1)C(=O)N1CCC(Cn2ccnc2)(C2CCCCC2)CC1. The number of nitrogens with zero attached hydrogens (tertiary/aromatic N) is 3. The molecule has 1 amide bonds. The number of aromatic nitrogens is 2. The summed E-state index contributed by atoms with van der Waals surface area (Å²) in [6.45, 7) is 2.22. The molecule has 2 aliphatic rings. The number of hydrogen-bond donors (Lipinski definition) is 1. The highest BCUT2D eigenvalue weighted by Crippen LogP contribution is 2.47. The molecule has 0 bridgehead atoms. The summed E-state index contributed by atoms with van der Waals surface area (Å²) in [7, 11) is -3.54. The van der Waals surface area contributed by atoms with Gasteiger partial charge in [0.05, 0.1) is 12.6 Å². The molecule has 1 aromatic carbocycles. The maximum absolute atomic E-state index is 13.5. The Morgan fingerprint density at radius 3 is 2.44 bits per heavy atom. The van der Waals surface area contributed by atoms with Crippen molar-refractivity contribution in [3.8, 4) is 0 Å². The number of rotatable bonds is 8. The van der Waals surface area contributed by atoms with E-state index in [1.54, 1.807) is 12.1 Å². The predicted molar refractivity (Wildman–Crippen MR) is 134 cm³/mol. The van der Waals surface area contributed by atoms with Crippen LogP contribution >= 0.6 is 11.6 Å². The second kappa shape index (κ2) is 10.8. The van der Waals surface area contributed by atoms with Crippen LogP contribution in [0.1, 0.15) is 50.5 Å². The number of carbonyl (C=O) groups excluding carboxylic acids is 1. The highest BCUT2D eigenvalue weighted by atomic mass is 35.5. The Labute approximate surface area is 207 Å². The van der Waals surface area contributed by atoms with Gasteiger partial charge in [0, 0.05) is 37.1 Å². The van der Waals surface area contributed by atoms with Crippen LogP contribution in [0.2, 0.25) is 5.02 Å². The highest BCUT2D eigenvalue weighted by Gasteiger charge is 2.43. The number of hydrogen-bond acceptors (Lipinski definition) is 4. The van der Waals surface area contributed by atoms with Gasteiger partial charge >= 0.3 is 0 Å². The molecule has 2 aromatic rings. The van der Waals surface area contributed by atoms with Crippen LogP contribution in [0.25, 0.3) is 0 Å². The van der Waals surface area contributed by atoms with Gasteiger partial charge in [-0.3, -0.25) is 4.79 Å². The average Bonchev–Trinajstić information content (AvgIpc) is 3.33. The third-order valence-corrected chi connectivity index (χ3v) is 8.57. The van der Waals surface area contributed by atoms with Gasteiger partial charge in [0.2, 0.25) is 15.9 Å². The first-order chi connectivity index (χ1) is 16.2. The Morgan fingerprint density at radius 1 is 1.18 bits per heavy atom. The number of likely N-dealkylation sites (tertiary alicyclic amines) is 1. The van der Waals surface area contributed by atoms with E-state index >= 15 is 0 Å². The molecule has 1 saturated heterocycles. The molecule has 1 atom stereocenters. The van der Waals surface area contributed by atoms with Gasteiger partial charge in [-0.15, -0.1) is 0 Å². The minimum atomic E-state index is -3.54.